The van der Waals surface area contributed by atoms with E-state index in [9.17, 15) is 9.59 Å². The number of piperidine rings is 1. The standard InChI is InChI=1S/C18H19N5O2S/c19-16-22-14(11-26-16)18(12-4-2-1-3-5-12)6-8-23(9-7-18)15(24)13-10-20-17(25)21-13/h1-5,10-11H,6-9H2,(H2,19,22)(H2,20,21,25). The quantitative estimate of drug-likeness (QED) is 0.656. The van der Waals surface area contributed by atoms with E-state index >= 15 is 0 Å². The van der Waals surface area contributed by atoms with Gasteiger partial charge < -0.3 is 20.6 Å². The lowest BCUT2D eigenvalue weighted by Crippen LogP contribution is -2.46. The van der Waals surface area contributed by atoms with Gasteiger partial charge in [0.15, 0.2) is 5.13 Å². The largest absolute Gasteiger partial charge is 0.375 e. The summed E-state index contributed by atoms with van der Waals surface area (Å²) in [5.74, 6) is -0.164. The predicted molar refractivity (Wildman–Crippen MR) is 100 cm³/mol. The number of aromatic nitrogens is 3. The summed E-state index contributed by atoms with van der Waals surface area (Å²) in [6, 6.07) is 10.3. The van der Waals surface area contributed by atoms with Crippen LogP contribution in [0.25, 0.3) is 0 Å². The fourth-order valence-corrected chi connectivity index (χ4v) is 4.33. The Morgan fingerprint density at radius 1 is 1.23 bits per heavy atom. The number of amides is 1. The van der Waals surface area contributed by atoms with Crippen molar-refractivity contribution in [2.75, 3.05) is 18.8 Å². The molecular weight excluding hydrogens is 350 g/mol. The fraction of sp³-hybridized carbons (Fsp3) is 0.278. The second-order valence-electron chi connectivity index (χ2n) is 6.47. The van der Waals surface area contributed by atoms with E-state index in [4.69, 9.17) is 5.73 Å². The molecule has 2 aromatic heterocycles. The molecule has 0 bridgehead atoms. The molecular formula is C18H19N5O2S. The molecule has 1 aromatic carbocycles. The molecule has 1 fully saturated rings. The Bertz CT molecular complexity index is 967. The van der Waals surface area contributed by atoms with E-state index < -0.39 is 0 Å². The van der Waals surface area contributed by atoms with E-state index in [1.807, 2.05) is 23.6 Å². The number of hydrogen-bond donors (Lipinski definition) is 3. The van der Waals surface area contributed by atoms with Crippen molar-refractivity contribution in [2.45, 2.75) is 18.3 Å². The van der Waals surface area contributed by atoms with Crippen LogP contribution in [0.5, 0.6) is 0 Å². The van der Waals surface area contributed by atoms with Gasteiger partial charge in [0.05, 0.1) is 5.69 Å². The smallest absolute Gasteiger partial charge is 0.323 e. The highest BCUT2D eigenvalue weighted by atomic mass is 32.1. The summed E-state index contributed by atoms with van der Waals surface area (Å²) in [6.07, 6.45) is 2.92. The number of nitrogen functional groups attached to an aromatic ring is 1. The predicted octanol–water partition coefficient (Wildman–Crippen LogP) is 1.96. The fourth-order valence-electron chi connectivity index (χ4n) is 3.67. The first kappa shape index (κ1) is 16.6. The monoisotopic (exact) mass is 369 g/mol. The molecule has 1 aliphatic heterocycles. The summed E-state index contributed by atoms with van der Waals surface area (Å²) in [6.45, 7) is 1.16. The minimum Gasteiger partial charge on any atom is -0.375 e. The van der Waals surface area contributed by atoms with E-state index in [2.05, 4.69) is 27.1 Å². The van der Waals surface area contributed by atoms with E-state index in [1.165, 1.54) is 23.1 Å². The number of H-pyrrole nitrogens is 2. The third-order valence-electron chi connectivity index (χ3n) is 5.07. The second-order valence-corrected chi connectivity index (χ2v) is 7.36. The summed E-state index contributed by atoms with van der Waals surface area (Å²) in [7, 11) is 0. The van der Waals surface area contributed by atoms with Gasteiger partial charge >= 0.3 is 5.69 Å². The Labute approximate surface area is 153 Å². The molecule has 1 saturated heterocycles. The third kappa shape index (κ3) is 2.82. The van der Waals surface area contributed by atoms with Crippen LogP contribution >= 0.6 is 11.3 Å². The highest BCUT2D eigenvalue weighted by Gasteiger charge is 2.41. The van der Waals surface area contributed by atoms with Crippen molar-refractivity contribution in [1.29, 1.82) is 0 Å². The normalized spacial score (nSPS) is 16.5. The second kappa shape index (κ2) is 6.45. The van der Waals surface area contributed by atoms with Crippen molar-refractivity contribution >= 4 is 22.4 Å². The number of imidazole rings is 1. The van der Waals surface area contributed by atoms with Gasteiger partial charge in [-0.3, -0.25) is 4.79 Å². The lowest BCUT2D eigenvalue weighted by molar-refractivity contribution is 0.0678. The van der Waals surface area contributed by atoms with Crippen molar-refractivity contribution in [1.82, 2.24) is 19.9 Å². The number of carbonyl (C=O) groups is 1. The molecule has 134 valence electrons. The number of rotatable bonds is 3. The highest BCUT2D eigenvalue weighted by Crippen LogP contribution is 2.42. The van der Waals surface area contributed by atoms with Gasteiger partial charge in [0.25, 0.3) is 5.91 Å². The molecule has 4 rings (SSSR count). The highest BCUT2D eigenvalue weighted by molar-refractivity contribution is 7.13. The summed E-state index contributed by atoms with van der Waals surface area (Å²) in [4.78, 5) is 35.2. The van der Waals surface area contributed by atoms with E-state index in [0.717, 1.165) is 18.5 Å². The van der Waals surface area contributed by atoms with Crippen molar-refractivity contribution in [2.24, 2.45) is 0 Å². The van der Waals surface area contributed by atoms with Crippen LogP contribution in [0.1, 0.15) is 34.6 Å². The van der Waals surface area contributed by atoms with Crippen molar-refractivity contribution in [3.63, 3.8) is 0 Å². The molecule has 1 aliphatic rings. The Hall–Kier alpha value is -2.87. The van der Waals surface area contributed by atoms with Gasteiger partial charge in [0.2, 0.25) is 0 Å². The van der Waals surface area contributed by atoms with Crippen LogP contribution in [0, 0.1) is 0 Å². The number of aromatic amines is 2. The maximum atomic E-state index is 12.6. The summed E-state index contributed by atoms with van der Waals surface area (Å²) < 4.78 is 0. The zero-order chi connectivity index (χ0) is 18.1. The van der Waals surface area contributed by atoms with E-state index in [0.29, 0.717) is 23.9 Å². The first-order valence-electron chi connectivity index (χ1n) is 8.42. The van der Waals surface area contributed by atoms with Crippen LogP contribution < -0.4 is 11.4 Å². The maximum Gasteiger partial charge on any atom is 0.323 e. The molecule has 3 aromatic rings. The summed E-state index contributed by atoms with van der Waals surface area (Å²) in [5.41, 5.74) is 7.70. The zero-order valence-corrected chi connectivity index (χ0v) is 14.9. The SMILES string of the molecule is Nc1nc(C2(c3ccccc3)CCN(C(=O)c3c[nH]c(=O)[nH]3)CC2)cs1. The Morgan fingerprint density at radius 3 is 2.54 bits per heavy atom. The van der Waals surface area contributed by atoms with Crippen LogP contribution in [0.4, 0.5) is 5.13 Å². The molecule has 0 spiro atoms. The van der Waals surface area contributed by atoms with Gasteiger partial charge in [-0.25, -0.2) is 9.78 Å². The van der Waals surface area contributed by atoms with E-state index in [1.54, 1.807) is 4.90 Å². The van der Waals surface area contributed by atoms with Crippen LogP contribution in [0.3, 0.4) is 0 Å². The maximum absolute atomic E-state index is 12.6. The zero-order valence-electron chi connectivity index (χ0n) is 14.1. The molecule has 7 nitrogen and oxygen atoms in total. The summed E-state index contributed by atoms with van der Waals surface area (Å²) >= 11 is 1.44. The first-order chi connectivity index (χ1) is 12.6. The number of nitrogens with zero attached hydrogens (tertiary/aromatic N) is 2. The number of benzene rings is 1. The number of likely N-dealkylation sites (tertiary alicyclic amines) is 1. The van der Waals surface area contributed by atoms with Gasteiger partial charge in [-0.05, 0) is 18.4 Å². The Balaban J connectivity index is 1.62. The topological polar surface area (TPSA) is 108 Å². The molecule has 0 aliphatic carbocycles. The first-order valence-corrected chi connectivity index (χ1v) is 9.30. The van der Waals surface area contributed by atoms with Crippen molar-refractivity contribution in [3.05, 3.63) is 69.3 Å². The third-order valence-corrected chi connectivity index (χ3v) is 5.74. The molecule has 1 amide bonds. The number of carbonyl (C=O) groups excluding carboxylic acids is 1. The number of thiazole rings is 1. The van der Waals surface area contributed by atoms with Gasteiger partial charge in [0.1, 0.15) is 5.69 Å². The average molecular weight is 369 g/mol. The number of nitrogens with two attached hydrogens (primary N) is 1. The minimum atomic E-state index is -0.373. The number of anilines is 1. The lowest BCUT2D eigenvalue weighted by atomic mass is 9.70. The molecule has 0 unspecified atom stereocenters. The van der Waals surface area contributed by atoms with Gasteiger partial charge in [-0.2, -0.15) is 0 Å². The summed E-state index contributed by atoms with van der Waals surface area (Å²) in [5, 5.41) is 2.57. The van der Waals surface area contributed by atoms with Crippen LogP contribution in [-0.2, 0) is 5.41 Å². The van der Waals surface area contributed by atoms with Gasteiger partial charge in [0, 0.05) is 30.1 Å². The van der Waals surface area contributed by atoms with Crippen LogP contribution in [0.2, 0.25) is 0 Å². The minimum absolute atomic E-state index is 0.164. The molecule has 26 heavy (non-hydrogen) atoms. The Morgan fingerprint density at radius 2 is 1.96 bits per heavy atom. The lowest BCUT2D eigenvalue weighted by Gasteiger charge is -2.41. The number of hydrogen-bond acceptors (Lipinski definition) is 5. The number of nitrogens with one attached hydrogen (secondary N) is 2. The average Bonchev–Trinajstić information content (AvgIpc) is 3.31. The molecule has 0 atom stereocenters. The molecule has 0 saturated carbocycles. The molecule has 0 radical (unpaired) electrons. The molecule has 8 heteroatoms. The van der Waals surface area contributed by atoms with Crippen molar-refractivity contribution in [3.8, 4) is 0 Å². The van der Waals surface area contributed by atoms with Gasteiger partial charge in [-0.15, -0.1) is 11.3 Å². The van der Waals surface area contributed by atoms with Gasteiger partial charge in [-0.1, -0.05) is 30.3 Å². The van der Waals surface area contributed by atoms with Crippen LogP contribution in [0.15, 0.2) is 46.7 Å². The van der Waals surface area contributed by atoms with Crippen LogP contribution in [-0.4, -0.2) is 38.8 Å². The van der Waals surface area contributed by atoms with E-state index in [-0.39, 0.29) is 17.0 Å². The molecule has 4 N–H and O–H groups in total. The molecule has 3 heterocycles. The van der Waals surface area contributed by atoms with Crippen molar-refractivity contribution < 1.29 is 4.79 Å². The Kier molecular flexibility index (Phi) is 4.12.